The van der Waals surface area contributed by atoms with Crippen molar-refractivity contribution in [1.29, 1.82) is 0 Å². The average molecular weight is 260 g/mol. The summed E-state index contributed by atoms with van der Waals surface area (Å²) in [6.45, 7) is -0.376. The van der Waals surface area contributed by atoms with Gasteiger partial charge in [-0.2, -0.15) is 13.2 Å². The summed E-state index contributed by atoms with van der Waals surface area (Å²) in [6, 6.07) is 0. The van der Waals surface area contributed by atoms with E-state index in [1.807, 2.05) is 0 Å². The lowest BCUT2D eigenvalue weighted by molar-refractivity contribution is -0.139. The number of hydrogen-bond acceptors (Lipinski definition) is 3. The van der Waals surface area contributed by atoms with Gasteiger partial charge in [-0.05, 0) is 12.0 Å². The van der Waals surface area contributed by atoms with Crippen LogP contribution in [-0.2, 0) is 14.3 Å². The topological polar surface area (TPSA) is 43.4 Å². The highest BCUT2D eigenvalue weighted by atomic mass is 32.2. The second kappa shape index (κ2) is 4.83. The van der Waals surface area contributed by atoms with E-state index >= 15 is 0 Å². The van der Waals surface area contributed by atoms with Crippen LogP contribution in [0.15, 0.2) is 0 Å². The molecule has 2 radical (unpaired) electrons. The zero-order valence-electron chi connectivity index (χ0n) is 7.88. The minimum Gasteiger partial charge on any atom is -0.417 e. The Morgan fingerprint density at radius 3 is 2.53 bits per heavy atom. The van der Waals surface area contributed by atoms with E-state index in [9.17, 15) is 21.6 Å². The standard InChI is InChI=1S/C7H11F3O3SSi/c8-7(9,10)2-3-13-15-6-1-4-14(11,12)5-6/h6H,1-5H2. The van der Waals surface area contributed by atoms with Crippen LogP contribution in [0.3, 0.4) is 0 Å². The van der Waals surface area contributed by atoms with Crippen molar-refractivity contribution in [2.45, 2.75) is 24.6 Å². The second-order valence-corrected chi connectivity index (χ2v) is 7.00. The summed E-state index contributed by atoms with van der Waals surface area (Å²) in [5.74, 6) is 0.185. The van der Waals surface area contributed by atoms with Crippen LogP contribution in [0, 0.1) is 0 Å². The smallest absolute Gasteiger partial charge is 0.391 e. The molecule has 88 valence electrons. The third kappa shape index (κ3) is 5.52. The molecular weight excluding hydrogens is 249 g/mol. The summed E-state index contributed by atoms with van der Waals surface area (Å²) < 4.78 is 62.0. The van der Waals surface area contributed by atoms with Crippen LogP contribution < -0.4 is 0 Å². The fourth-order valence-corrected chi connectivity index (χ4v) is 4.78. The fourth-order valence-electron chi connectivity index (χ4n) is 1.23. The van der Waals surface area contributed by atoms with E-state index in [1.54, 1.807) is 0 Å². The molecule has 0 aromatic carbocycles. The Hall–Kier alpha value is -0.0831. The van der Waals surface area contributed by atoms with Crippen molar-refractivity contribution >= 4 is 19.6 Å². The lowest BCUT2D eigenvalue weighted by Gasteiger charge is -2.08. The van der Waals surface area contributed by atoms with Crippen molar-refractivity contribution in [3.8, 4) is 0 Å². The lowest BCUT2D eigenvalue weighted by atomic mass is 10.4. The predicted molar refractivity (Wildman–Crippen MR) is 49.4 cm³/mol. The van der Waals surface area contributed by atoms with Gasteiger partial charge in [-0.1, -0.05) is 0 Å². The first-order chi connectivity index (χ1) is 6.79. The van der Waals surface area contributed by atoms with Crippen LogP contribution in [0.4, 0.5) is 13.2 Å². The molecule has 1 heterocycles. The van der Waals surface area contributed by atoms with Gasteiger partial charge in [0.15, 0.2) is 0 Å². The summed E-state index contributed by atoms with van der Waals surface area (Å²) in [4.78, 5) is 0. The van der Waals surface area contributed by atoms with Crippen molar-refractivity contribution in [3.05, 3.63) is 0 Å². The summed E-state index contributed by atoms with van der Waals surface area (Å²) in [7, 11) is -3.10. The van der Waals surface area contributed by atoms with E-state index in [4.69, 9.17) is 4.43 Å². The first kappa shape index (κ1) is 13.0. The Kier molecular flexibility index (Phi) is 4.18. The maximum Gasteiger partial charge on any atom is 0.391 e. The molecule has 3 nitrogen and oxygen atoms in total. The van der Waals surface area contributed by atoms with E-state index in [1.165, 1.54) is 0 Å². The monoisotopic (exact) mass is 260 g/mol. The third-order valence-corrected chi connectivity index (χ3v) is 5.23. The molecule has 1 fully saturated rings. The van der Waals surface area contributed by atoms with Crippen molar-refractivity contribution in [2.24, 2.45) is 0 Å². The largest absolute Gasteiger partial charge is 0.417 e. The van der Waals surface area contributed by atoms with Crippen molar-refractivity contribution < 1.29 is 26.0 Å². The van der Waals surface area contributed by atoms with Gasteiger partial charge in [0, 0.05) is 6.61 Å². The van der Waals surface area contributed by atoms with E-state index in [-0.39, 0.29) is 33.4 Å². The second-order valence-electron chi connectivity index (χ2n) is 3.43. The van der Waals surface area contributed by atoms with Crippen molar-refractivity contribution in [2.75, 3.05) is 18.1 Å². The maximum atomic E-state index is 11.7. The number of halogens is 3. The molecule has 8 heteroatoms. The summed E-state index contributed by atoms with van der Waals surface area (Å²) in [6.07, 6.45) is -4.67. The van der Waals surface area contributed by atoms with E-state index in [0.717, 1.165) is 0 Å². The molecule has 0 N–H and O–H groups in total. The average Bonchev–Trinajstić information content (AvgIpc) is 2.38. The summed E-state index contributed by atoms with van der Waals surface area (Å²) >= 11 is 0. The Morgan fingerprint density at radius 2 is 2.07 bits per heavy atom. The van der Waals surface area contributed by atoms with Crippen LogP contribution >= 0.6 is 0 Å². The van der Waals surface area contributed by atoms with Gasteiger partial charge in [-0.3, -0.25) is 0 Å². The summed E-state index contributed by atoms with van der Waals surface area (Å²) in [5, 5.41) is 0. The quantitative estimate of drug-likeness (QED) is 0.563. The first-order valence-electron chi connectivity index (χ1n) is 4.43. The van der Waals surface area contributed by atoms with Gasteiger partial charge in [-0.25, -0.2) is 8.42 Å². The van der Waals surface area contributed by atoms with Crippen LogP contribution in [-0.4, -0.2) is 42.5 Å². The zero-order valence-corrected chi connectivity index (χ0v) is 9.70. The van der Waals surface area contributed by atoms with Gasteiger partial charge in [0.25, 0.3) is 0 Å². The van der Waals surface area contributed by atoms with Gasteiger partial charge >= 0.3 is 6.18 Å². The highest BCUT2D eigenvalue weighted by molar-refractivity contribution is 7.91. The molecule has 1 atom stereocenters. The number of sulfone groups is 1. The molecular formula is C7H11F3O3SSi. The van der Waals surface area contributed by atoms with Gasteiger partial charge in [0.2, 0.25) is 9.76 Å². The van der Waals surface area contributed by atoms with Gasteiger partial charge in [0.05, 0.1) is 17.9 Å². The molecule has 1 aliphatic heterocycles. The first-order valence-corrected chi connectivity index (χ1v) is 7.24. The molecule has 1 saturated heterocycles. The molecule has 0 aliphatic carbocycles. The fraction of sp³-hybridized carbons (Fsp3) is 1.00. The van der Waals surface area contributed by atoms with E-state index in [2.05, 4.69) is 0 Å². The number of alkyl halides is 3. The van der Waals surface area contributed by atoms with Crippen LogP contribution in [0.2, 0.25) is 5.54 Å². The lowest BCUT2D eigenvalue weighted by Crippen LogP contribution is -2.16. The number of hydrogen-bond donors (Lipinski definition) is 0. The van der Waals surface area contributed by atoms with Gasteiger partial charge in [0.1, 0.15) is 9.84 Å². The Bertz CT molecular complexity index is 301. The highest BCUT2D eigenvalue weighted by Crippen LogP contribution is 2.23. The zero-order chi connectivity index (χ0) is 11.5. The Morgan fingerprint density at radius 1 is 1.40 bits per heavy atom. The van der Waals surface area contributed by atoms with Crippen LogP contribution in [0.25, 0.3) is 0 Å². The summed E-state index contributed by atoms with van der Waals surface area (Å²) in [5.41, 5.74) is -0.108. The molecule has 15 heavy (non-hydrogen) atoms. The molecule has 0 spiro atoms. The molecule has 0 saturated carbocycles. The SMILES string of the molecule is O=S1(=O)CCC([Si]OCCC(F)(F)F)C1. The van der Waals surface area contributed by atoms with E-state index < -0.39 is 22.4 Å². The molecule has 1 unspecified atom stereocenters. The van der Waals surface area contributed by atoms with Crippen LogP contribution in [0.1, 0.15) is 12.8 Å². The van der Waals surface area contributed by atoms with Crippen molar-refractivity contribution in [1.82, 2.24) is 0 Å². The maximum absolute atomic E-state index is 11.7. The molecule has 1 rings (SSSR count). The molecule has 0 aromatic rings. The minimum atomic E-state index is -4.20. The van der Waals surface area contributed by atoms with Crippen molar-refractivity contribution in [3.63, 3.8) is 0 Å². The molecule has 0 aromatic heterocycles. The number of rotatable bonds is 4. The Labute approximate surface area is 88.9 Å². The molecule has 0 bridgehead atoms. The van der Waals surface area contributed by atoms with Gasteiger partial charge < -0.3 is 4.43 Å². The predicted octanol–water partition coefficient (Wildman–Crippen LogP) is 1.18. The van der Waals surface area contributed by atoms with Gasteiger partial charge in [-0.15, -0.1) is 0 Å². The molecule has 0 amide bonds. The molecule has 1 aliphatic rings. The Balaban J connectivity index is 2.12. The van der Waals surface area contributed by atoms with Crippen LogP contribution in [0.5, 0.6) is 0 Å². The highest BCUT2D eigenvalue weighted by Gasteiger charge is 2.30. The minimum absolute atomic E-state index is 0.0530. The third-order valence-electron chi connectivity index (χ3n) is 1.97. The van der Waals surface area contributed by atoms with E-state index in [0.29, 0.717) is 6.42 Å². The normalized spacial score (nSPS) is 25.7.